The number of nitrogens with zero attached hydrogens (tertiary/aromatic N) is 4. The van der Waals surface area contributed by atoms with Crippen LogP contribution in [0.1, 0.15) is 30.6 Å². The minimum Gasteiger partial charge on any atom is -0.338 e. The lowest BCUT2D eigenvalue weighted by atomic mass is 9.91. The van der Waals surface area contributed by atoms with E-state index in [4.69, 9.17) is 0 Å². The van der Waals surface area contributed by atoms with Crippen molar-refractivity contribution in [3.8, 4) is 11.4 Å². The monoisotopic (exact) mass is 348 g/mol. The van der Waals surface area contributed by atoms with Crippen molar-refractivity contribution < 1.29 is 4.79 Å². The highest BCUT2D eigenvalue weighted by atomic mass is 16.2. The molecule has 0 radical (unpaired) electrons. The first-order valence-corrected chi connectivity index (χ1v) is 9.17. The number of hydrogen-bond donors (Lipinski definition) is 0. The molecule has 3 heterocycles. The number of imidazole rings is 1. The van der Waals surface area contributed by atoms with Crippen molar-refractivity contribution in [2.75, 3.05) is 13.1 Å². The highest BCUT2D eigenvalue weighted by Gasteiger charge is 2.26. The summed E-state index contributed by atoms with van der Waals surface area (Å²) in [5.74, 6) is 1.22. The maximum atomic E-state index is 13.1. The van der Waals surface area contributed by atoms with Gasteiger partial charge in [-0.1, -0.05) is 13.8 Å². The molecule has 0 N–H and O–H groups in total. The van der Waals surface area contributed by atoms with Crippen LogP contribution >= 0.6 is 0 Å². The molecule has 1 saturated heterocycles. The number of likely N-dealkylation sites (tertiary alicyclic amines) is 1. The number of aromatic nitrogens is 3. The lowest BCUT2D eigenvalue weighted by Crippen LogP contribution is -2.42. The van der Waals surface area contributed by atoms with Crippen LogP contribution in [0.15, 0.2) is 61.4 Å². The molecule has 0 spiro atoms. The van der Waals surface area contributed by atoms with E-state index in [-0.39, 0.29) is 5.91 Å². The highest BCUT2D eigenvalue weighted by Crippen LogP contribution is 2.25. The Morgan fingerprint density at radius 3 is 2.38 bits per heavy atom. The van der Waals surface area contributed by atoms with Gasteiger partial charge in [0, 0.05) is 43.4 Å². The maximum absolute atomic E-state index is 13.1. The molecule has 0 unspecified atom stereocenters. The minimum absolute atomic E-state index is 0.119. The molecule has 3 aromatic rings. The predicted molar refractivity (Wildman–Crippen MR) is 102 cm³/mol. The normalized spacial score (nSPS) is 20.3. The van der Waals surface area contributed by atoms with Gasteiger partial charge in [0.1, 0.15) is 0 Å². The molecule has 26 heavy (non-hydrogen) atoms. The van der Waals surface area contributed by atoms with Gasteiger partial charge >= 0.3 is 0 Å². The van der Waals surface area contributed by atoms with Gasteiger partial charge in [0.25, 0.3) is 5.91 Å². The fourth-order valence-electron chi connectivity index (χ4n) is 3.99. The van der Waals surface area contributed by atoms with E-state index in [1.54, 1.807) is 12.5 Å². The van der Waals surface area contributed by atoms with Gasteiger partial charge in [0.2, 0.25) is 0 Å². The summed E-state index contributed by atoms with van der Waals surface area (Å²) in [5, 5.41) is 0. The number of hydrogen-bond acceptors (Lipinski definition) is 2. The third kappa shape index (κ3) is 3.17. The molecule has 1 amide bonds. The van der Waals surface area contributed by atoms with E-state index in [1.165, 1.54) is 6.42 Å². The van der Waals surface area contributed by atoms with Gasteiger partial charge in [-0.05, 0) is 48.6 Å². The van der Waals surface area contributed by atoms with Gasteiger partial charge in [-0.3, -0.25) is 4.79 Å². The third-order valence-corrected chi connectivity index (χ3v) is 5.04. The van der Waals surface area contributed by atoms with E-state index in [0.29, 0.717) is 11.8 Å². The van der Waals surface area contributed by atoms with E-state index in [9.17, 15) is 4.79 Å². The molecule has 2 atom stereocenters. The molecule has 0 saturated carbocycles. The average Bonchev–Trinajstić information content (AvgIpc) is 3.33. The average molecular weight is 348 g/mol. The van der Waals surface area contributed by atoms with Crippen molar-refractivity contribution in [2.45, 2.75) is 20.3 Å². The van der Waals surface area contributed by atoms with Gasteiger partial charge in [-0.15, -0.1) is 0 Å². The van der Waals surface area contributed by atoms with Crippen molar-refractivity contribution in [1.29, 1.82) is 0 Å². The second-order valence-corrected chi connectivity index (χ2v) is 7.42. The summed E-state index contributed by atoms with van der Waals surface area (Å²) >= 11 is 0. The second-order valence-electron chi connectivity index (χ2n) is 7.42. The fourth-order valence-corrected chi connectivity index (χ4v) is 3.99. The van der Waals surface area contributed by atoms with Crippen LogP contribution in [-0.2, 0) is 0 Å². The Kier molecular flexibility index (Phi) is 4.37. The van der Waals surface area contributed by atoms with Gasteiger partial charge in [-0.2, -0.15) is 0 Å². The molecule has 1 aromatic carbocycles. The molecular formula is C21H24N4O. The van der Waals surface area contributed by atoms with Crippen LogP contribution in [0.2, 0.25) is 0 Å². The SMILES string of the molecule is C[C@H]1C[C@H](C)CN(C(=O)c2ccc(-n3ccnc3)c(-n3cccc3)c2)C1. The highest BCUT2D eigenvalue weighted by molar-refractivity contribution is 5.95. The molecule has 2 aromatic heterocycles. The van der Waals surface area contributed by atoms with Gasteiger partial charge in [0.05, 0.1) is 17.7 Å². The van der Waals surface area contributed by atoms with Crippen molar-refractivity contribution >= 4 is 5.91 Å². The molecule has 0 bridgehead atoms. The Bertz CT molecular complexity index is 873. The van der Waals surface area contributed by atoms with Crippen LogP contribution in [0.5, 0.6) is 0 Å². The topological polar surface area (TPSA) is 43.1 Å². The van der Waals surface area contributed by atoms with Crippen LogP contribution in [0.4, 0.5) is 0 Å². The fraction of sp³-hybridized carbons (Fsp3) is 0.333. The first-order valence-electron chi connectivity index (χ1n) is 9.17. The largest absolute Gasteiger partial charge is 0.338 e. The molecule has 5 heteroatoms. The summed E-state index contributed by atoms with van der Waals surface area (Å²) in [6.07, 6.45) is 10.6. The maximum Gasteiger partial charge on any atom is 0.253 e. The number of carbonyl (C=O) groups is 1. The summed E-state index contributed by atoms with van der Waals surface area (Å²) in [5.41, 5.74) is 2.70. The lowest BCUT2D eigenvalue weighted by molar-refractivity contribution is 0.0623. The van der Waals surface area contributed by atoms with Crippen molar-refractivity contribution in [3.05, 3.63) is 67.0 Å². The van der Waals surface area contributed by atoms with Crippen molar-refractivity contribution in [1.82, 2.24) is 19.0 Å². The number of piperidine rings is 1. The van der Waals surface area contributed by atoms with E-state index in [2.05, 4.69) is 18.8 Å². The zero-order chi connectivity index (χ0) is 18.1. The molecule has 0 aliphatic carbocycles. The van der Waals surface area contributed by atoms with Crippen molar-refractivity contribution in [2.24, 2.45) is 11.8 Å². The van der Waals surface area contributed by atoms with E-state index in [1.807, 2.05) is 63.0 Å². The predicted octanol–water partition coefficient (Wildman–Crippen LogP) is 3.78. The summed E-state index contributed by atoms with van der Waals surface area (Å²) < 4.78 is 4.00. The first kappa shape index (κ1) is 16.6. The standard InChI is InChI=1S/C21H24N4O/c1-16-11-17(2)14-25(13-16)21(26)18-5-6-19(24-10-7-22-15-24)20(12-18)23-8-3-4-9-23/h3-10,12,15-17H,11,13-14H2,1-2H3/t16-,17-/m0/s1. The number of rotatable bonds is 3. The van der Waals surface area contributed by atoms with Gasteiger partial charge < -0.3 is 14.0 Å². The molecule has 1 fully saturated rings. The Morgan fingerprint density at radius 1 is 1.00 bits per heavy atom. The molecule has 134 valence electrons. The quantitative estimate of drug-likeness (QED) is 0.723. The number of benzene rings is 1. The van der Waals surface area contributed by atoms with E-state index in [0.717, 1.165) is 30.0 Å². The van der Waals surface area contributed by atoms with Crippen LogP contribution < -0.4 is 0 Å². The molecule has 4 rings (SSSR count). The third-order valence-electron chi connectivity index (χ3n) is 5.04. The zero-order valence-electron chi connectivity index (χ0n) is 15.2. The molecule has 1 aliphatic rings. The molecular weight excluding hydrogens is 324 g/mol. The summed E-state index contributed by atoms with van der Waals surface area (Å²) in [7, 11) is 0. The van der Waals surface area contributed by atoms with Crippen LogP contribution in [0, 0.1) is 11.8 Å². The van der Waals surface area contributed by atoms with Crippen LogP contribution in [0.3, 0.4) is 0 Å². The second kappa shape index (κ2) is 6.83. The Hall–Kier alpha value is -2.82. The van der Waals surface area contributed by atoms with Gasteiger partial charge in [0.15, 0.2) is 0 Å². The minimum atomic E-state index is 0.119. The van der Waals surface area contributed by atoms with E-state index < -0.39 is 0 Å². The Morgan fingerprint density at radius 2 is 1.73 bits per heavy atom. The molecule has 5 nitrogen and oxygen atoms in total. The summed E-state index contributed by atoms with van der Waals surface area (Å²) in [4.78, 5) is 19.3. The molecule has 1 aliphatic heterocycles. The Balaban J connectivity index is 1.72. The van der Waals surface area contributed by atoms with E-state index >= 15 is 0 Å². The van der Waals surface area contributed by atoms with Crippen molar-refractivity contribution in [3.63, 3.8) is 0 Å². The summed E-state index contributed by atoms with van der Waals surface area (Å²) in [6, 6.07) is 9.89. The smallest absolute Gasteiger partial charge is 0.253 e. The van der Waals surface area contributed by atoms with Gasteiger partial charge in [-0.25, -0.2) is 4.98 Å². The Labute approximate surface area is 153 Å². The lowest BCUT2D eigenvalue weighted by Gasteiger charge is -2.35. The van der Waals surface area contributed by atoms with Crippen LogP contribution in [0.25, 0.3) is 11.4 Å². The number of amides is 1. The first-order chi connectivity index (χ1) is 12.6. The number of carbonyl (C=O) groups excluding carboxylic acids is 1. The zero-order valence-corrected chi connectivity index (χ0v) is 15.2. The van der Waals surface area contributed by atoms with Crippen LogP contribution in [-0.4, -0.2) is 38.0 Å². The summed E-state index contributed by atoms with van der Waals surface area (Å²) in [6.45, 7) is 6.13.